The first-order valence-electron chi connectivity index (χ1n) is 6.16. The summed E-state index contributed by atoms with van der Waals surface area (Å²) in [6.45, 7) is 3.70. The van der Waals surface area contributed by atoms with E-state index in [4.69, 9.17) is 0 Å². The molecule has 0 aromatic heterocycles. The van der Waals surface area contributed by atoms with Gasteiger partial charge < -0.3 is 4.74 Å². The van der Waals surface area contributed by atoms with Gasteiger partial charge in [0.25, 0.3) is 0 Å². The van der Waals surface area contributed by atoms with E-state index in [2.05, 4.69) is 4.74 Å². The standard InChI is InChI=1S/C13H18O5/c1-3-18-13(17)7-9(14)6-10-11(15)4-8(2)5-12(10)16/h8,10H,3-7H2,1-2H3. The van der Waals surface area contributed by atoms with Gasteiger partial charge in [0.15, 0.2) is 0 Å². The lowest BCUT2D eigenvalue weighted by molar-refractivity contribution is -0.148. The normalized spacial score (nSPS) is 23.9. The summed E-state index contributed by atoms with van der Waals surface area (Å²) >= 11 is 0. The molecule has 5 nitrogen and oxygen atoms in total. The van der Waals surface area contributed by atoms with Crippen LogP contribution in [0.3, 0.4) is 0 Å². The number of ketones is 3. The molecule has 0 radical (unpaired) electrons. The number of hydrogen-bond acceptors (Lipinski definition) is 5. The van der Waals surface area contributed by atoms with Gasteiger partial charge in [0.05, 0.1) is 12.5 Å². The molecule has 1 aliphatic rings. The molecular weight excluding hydrogens is 236 g/mol. The number of esters is 1. The summed E-state index contributed by atoms with van der Waals surface area (Å²) in [7, 11) is 0. The van der Waals surface area contributed by atoms with Crippen LogP contribution in [-0.2, 0) is 23.9 Å². The van der Waals surface area contributed by atoms with Crippen molar-refractivity contribution in [3.05, 3.63) is 0 Å². The molecule has 0 spiro atoms. The lowest BCUT2D eigenvalue weighted by atomic mass is 9.78. The van der Waals surface area contributed by atoms with Crippen LogP contribution in [0.1, 0.15) is 39.5 Å². The molecule has 0 aromatic carbocycles. The fourth-order valence-corrected chi connectivity index (χ4v) is 2.12. The lowest BCUT2D eigenvalue weighted by Crippen LogP contribution is -2.34. The average molecular weight is 254 g/mol. The van der Waals surface area contributed by atoms with E-state index in [-0.39, 0.29) is 36.9 Å². The molecule has 1 saturated carbocycles. The summed E-state index contributed by atoms with van der Waals surface area (Å²) in [5.74, 6) is -2.17. The smallest absolute Gasteiger partial charge is 0.313 e. The van der Waals surface area contributed by atoms with Crippen molar-refractivity contribution in [2.75, 3.05) is 6.61 Å². The van der Waals surface area contributed by atoms with E-state index < -0.39 is 17.7 Å². The number of carbonyl (C=O) groups excluding carboxylic acids is 4. The summed E-state index contributed by atoms with van der Waals surface area (Å²) in [4.78, 5) is 46.0. The zero-order valence-electron chi connectivity index (χ0n) is 10.7. The van der Waals surface area contributed by atoms with Crippen LogP contribution in [0.25, 0.3) is 0 Å². The first-order valence-corrected chi connectivity index (χ1v) is 6.16. The molecule has 18 heavy (non-hydrogen) atoms. The fourth-order valence-electron chi connectivity index (χ4n) is 2.12. The molecule has 0 heterocycles. The number of rotatable bonds is 5. The van der Waals surface area contributed by atoms with E-state index >= 15 is 0 Å². The third-order valence-corrected chi connectivity index (χ3v) is 2.96. The van der Waals surface area contributed by atoms with Crippen LogP contribution in [0.2, 0.25) is 0 Å². The SMILES string of the molecule is CCOC(=O)CC(=O)CC1C(=O)CC(C)CC1=O. The third kappa shape index (κ3) is 4.05. The van der Waals surface area contributed by atoms with Crippen LogP contribution in [0.5, 0.6) is 0 Å². The average Bonchev–Trinajstić information content (AvgIpc) is 2.23. The van der Waals surface area contributed by atoms with Gasteiger partial charge in [0, 0.05) is 19.3 Å². The van der Waals surface area contributed by atoms with E-state index in [1.807, 2.05) is 6.92 Å². The van der Waals surface area contributed by atoms with Gasteiger partial charge in [-0.2, -0.15) is 0 Å². The molecule has 100 valence electrons. The molecule has 0 N–H and O–H groups in total. The highest BCUT2D eigenvalue weighted by Crippen LogP contribution is 2.25. The number of hydrogen-bond donors (Lipinski definition) is 0. The minimum atomic E-state index is -0.844. The van der Waals surface area contributed by atoms with Gasteiger partial charge in [-0.25, -0.2) is 0 Å². The Morgan fingerprint density at radius 3 is 2.28 bits per heavy atom. The highest BCUT2D eigenvalue weighted by Gasteiger charge is 2.35. The van der Waals surface area contributed by atoms with E-state index in [0.717, 1.165) is 0 Å². The van der Waals surface area contributed by atoms with Crippen molar-refractivity contribution in [3.63, 3.8) is 0 Å². The van der Waals surface area contributed by atoms with E-state index in [1.165, 1.54) is 0 Å². The van der Waals surface area contributed by atoms with Crippen molar-refractivity contribution in [3.8, 4) is 0 Å². The molecular formula is C13H18O5. The van der Waals surface area contributed by atoms with E-state index in [1.54, 1.807) is 6.92 Å². The first kappa shape index (κ1) is 14.5. The van der Waals surface area contributed by atoms with Crippen LogP contribution in [-0.4, -0.2) is 29.9 Å². The van der Waals surface area contributed by atoms with Crippen molar-refractivity contribution in [1.82, 2.24) is 0 Å². The molecule has 0 aliphatic heterocycles. The Labute approximate surface area is 106 Å². The second-order valence-corrected chi connectivity index (χ2v) is 4.72. The summed E-state index contributed by atoms with van der Waals surface area (Å²) in [6, 6.07) is 0. The fraction of sp³-hybridized carbons (Fsp3) is 0.692. The Bertz CT molecular complexity index is 354. The Balaban J connectivity index is 2.51. The highest BCUT2D eigenvalue weighted by atomic mass is 16.5. The highest BCUT2D eigenvalue weighted by molar-refractivity contribution is 6.08. The Hall–Kier alpha value is -1.52. The molecule has 5 heteroatoms. The molecule has 1 aliphatic carbocycles. The molecule has 0 saturated heterocycles. The lowest BCUT2D eigenvalue weighted by Gasteiger charge is -2.23. The van der Waals surface area contributed by atoms with Crippen molar-refractivity contribution >= 4 is 23.3 Å². The Morgan fingerprint density at radius 1 is 1.22 bits per heavy atom. The number of Topliss-reactive ketones (excluding diaryl/α,β-unsaturated/α-hetero) is 3. The van der Waals surface area contributed by atoms with Crippen LogP contribution < -0.4 is 0 Å². The van der Waals surface area contributed by atoms with Gasteiger partial charge in [-0.05, 0) is 12.8 Å². The predicted octanol–water partition coefficient (Wildman–Crippen LogP) is 1.08. The Kier molecular flexibility index (Phi) is 5.19. The second-order valence-electron chi connectivity index (χ2n) is 4.72. The number of ether oxygens (including phenoxy) is 1. The van der Waals surface area contributed by atoms with Gasteiger partial charge >= 0.3 is 5.97 Å². The predicted molar refractivity (Wildman–Crippen MR) is 62.8 cm³/mol. The molecule has 0 atom stereocenters. The molecule has 1 rings (SSSR count). The van der Waals surface area contributed by atoms with Crippen molar-refractivity contribution in [2.45, 2.75) is 39.5 Å². The van der Waals surface area contributed by atoms with Crippen LogP contribution in [0.15, 0.2) is 0 Å². The van der Waals surface area contributed by atoms with Gasteiger partial charge in [-0.15, -0.1) is 0 Å². The van der Waals surface area contributed by atoms with Crippen LogP contribution in [0.4, 0.5) is 0 Å². The summed E-state index contributed by atoms with van der Waals surface area (Å²) in [6.07, 6.45) is 0.149. The zero-order valence-corrected chi connectivity index (χ0v) is 10.7. The molecule has 0 unspecified atom stereocenters. The van der Waals surface area contributed by atoms with Crippen molar-refractivity contribution in [2.24, 2.45) is 11.8 Å². The maximum atomic E-state index is 11.7. The topological polar surface area (TPSA) is 77.5 Å². The van der Waals surface area contributed by atoms with Gasteiger partial charge in [0.2, 0.25) is 0 Å². The maximum absolute atomic E-state index is 11.7. The minimum absolute atomic E-state index is 0.0569. The van der Waals surface area contributed by atoms with Crippen molar-refractivity contribution in [1.29, 1.82) is 0 Å². The molecule has 0 aromatic rings. The van der Waals surface area contributed by atoms with Gasteiger partial charge in [-0.3, -0.25) is 19.2 Å². The molecule has 0 amide bonds. The summed E-state index contributed by atoms with van der Waals surface area (Å²) in [5.41, 5.74) is 0. The van der Waals surface area contributed by atoms with Crippen LogP contribution >= 0.6 is 0 Å². The number of carbonyl (C=O) groups is 4. The second kappa shape index (κ2) is 6.42. The maximum Gasteiger partial charge on any atom is 0.313 e. The Morgan fingerprint density at radius 2 is 1.78 bits per heavy atom. The monoisotopic (exact) mass is 254 g/mol. The van der Waals surface area contributed by atoms with Crippen LogP contribution in [0, 0.1) is 11.8 Å². The van der Waals surface area contributed by atoms with Gasteiger partial charge in [-0.1, -0.05) is 6.92 Å². The third-order valence-electron chi connectivity index (χ3n) is 2.96. The summed E-state index contributed by atoms with van der Waals surface area (Å²) < 4.78 is 4.64. The van der Waals surface area contributed by atoms with E-state index in [9.17, 15) is 19.2 Å². The van der Waals surface area contributed by atoms with Crippen molar-refractivity contribution < 1.29 is 23.9 Å². The molecule has 0 bridgehead atoms. The quantitative estimate of drug-likeness (QED) is 0.542. The van der Waals surface area contributed by atoms with Gasteiger partial charge in [0.1, 0.15) is 23.8 Å². The molecule has 1 fully saturated rings. The minimum Gasteiger partial charge on any atom is -0.466 e. The largest absolute Gasteiger partial charge is 0.466 e. The first-order chi connectivity index (χ1) is 8.43. The summed E-state index contributed by atoms with van der Waals surface area (Å²) in [5, 5.41) is 0. The zero-order chi connectivity index (χ0) is 13.7. The van der Waals surface area contributed by atoms with E-state index in [0.29, 0.717) is 12.8 Å².